The Morgan fingerprint density at radius 1 is 1.12 bits per heavy atom. The monoisotopic (exact) mass is 325 g/mol. The highest BCUT2D eigenvalue weighted by Crippen LogP contribution is 2.41. The Balaban J connectivity index is 1.50. The highest BCUT2D eigenvalue weighted by molar-refractivity contribution is 5.80. The normalized spacial score (nSPS) is 21.1. The van der Waals surface area contributed by atoms with Crippen molar-refractivity contribution in [3.63, 3.8) is 0 Å². The van der Waals surface area contributed by atoms with Gasteiger partial charge in [-0.2, -0.15) is 0 Å². The number of carbonyl (C=O) groups excluding carboxylic acids is 1. The minimum Gasteiger partial charge on any atom is -0.492 e. The van der Waals surface area contributed by atoms with E-state index in [0.29, 0.717) is 13.0 Å². The molecule has 1 atom stereocenters. The average Bonchev–Trinajstić information content (AvgIpc) is 2.58. The largest absolute Gasteiger partial charge is 0.492 e. The van der Waals surface area contributed by atoms with E-state index in [9.17, 15) is 9.18 Å². The first-order chi connectivity index (χ1) is 11.7. The summed E-state index contributed by atoms with van der Waals surface area (Å²) in [4.78, 5) is 12.8. The SMILES string of the molecule is O=C(NC1(c2ccc(F)cc2)CCC1)C1COc2ccccc2C1. The highest BCUT2D eigenvalue weighted by Gasteiger charge is 2.41. The van der Waals surface area contributed by atoms with Gasteiger partial charge in [-0.3, -0.25) is 4.79 Å². The molecule has 124 valence electrons. The zero-order valence-corrected chi connectivity index (χ0v) is 13.4. The number of rotatable bonds is 3. The summed E-state index contributed by atoms with van der Waals surface area (Å²) in [6, 6.07) is 14.3. The Labute approximate surface area is 140 Å². The number of hydrogen-bond acceptors (Lipinski definition) is 2. The number of benzene rings is 2. The fourth-order valence-corrected chi connectivity index (χ4v) is 3.62. The standard InChI is InChI=1S/C20H20FNO2/c21-17-8-6-16(7-9-17)20(10-3-11-20)22-19(23)15-12-14-4-1-2-5-18(14)24-13-15/h1-2,4-9,15H,3,10-13H2,(H,22,23). The smallest absolute Gasteiger partial charge is 0.227 e. The number of ether oxygens (including phenoxy) is 1. The minimum atomic E-state index is -0.345. The van der Waals surface area contributed by atoms with Crippen molar-refractivity contribution in [2.75, 3.05) is 6.61 Å². The van der Waals surface area contributed by atoms with E-state index in [1.807, 2.05) is 24.3 Å². The van der Waals surface area contributed by atoms with Gasteiger partial charge in [0, 0.05) is 0 Å². The van der Waals surface area contributed by atoms with Crippen LogP contribution in [0.25, 0.3) is 0 Å². The predicted molar refractivity (Wildman–Crippen MR) is 89.2 cm³/mol. The third-order valence-electron chi connectivity index (χ3n) is 5.22. The number of carbonyl (C=O) groups is 1. The molecule has 2 aliphatic rings. The molecule has 0 saturated heterocycles. The van der Waals surface area contributed by atoms with Crippen molar-refractivity contribution < 1.29 is 13.9 Å². The van der Waals surface area contributed by atoms with Crippen molar-refractivity contribution in [1.29, 1.82) is 0 Å². The van der Waals surface area contributed by atoms with E-state index in [2.05, 4.69) is 5.32 Å². The molecule has 1 unspecified atom stereocenters. The van der Waals surface area contributed by atoms with Gasteiger partial charge in [0.25, 0.3) is 0 Å². The maximum absolute atomic E-state index is 13.2. The molecular weight excluding hydrogens is 305 g/mol. The van der Waals surface area contributed by atoms with Gasteiger partial charge in [0.1, 0.15) is 18.2 Å². The van der Waals surface area contributed by atoms with Crippen LogP contribution < -0.4 is 10.1 Å². The molecule has 0 spiro atoms. The van der Waals surface area contributed by atoms with Gasteiger partial charge in [-0.15, -0.1) is 0 Å². The van der Waals surface area contributed by atoms with Gasteiger partial charge in [0.05, 0.1) is 11.5 Å². The van der Waals surface area contributed by atoms with Gasteiger partial charge in [0.15, 0.2) is 0 Å². The van der Waals surface area contributed by atoms with E-state index in [1.165, 1.54) is 12.1 Å². The lowest BCUT2D eigenvalue weighted by atomic mass is 9.71. The zero-order chi connectivity index (χ0) is 16.6. The molecule has 1 aliphatic heterocycles. The van der Waals surface area contributed by atoms with E-state index in [0.717, 1.165) is 36.1 Å². The molecule has 0 radical (unpaired) electrons. The predicted octanol–water partition coefficient (Wildman–Crippen LogP) is 3.57. The average molecular weight is 325 g/mol. The fourth-order valence-electron chi connectivity index (χ4n) is 3.62. The van der Waals surface area contributed by atoms with Crippen LogP contribution in [0.5, 0.6) is 5.75 Å². The number of nitrogens with one attached hydrogen (secondary N) is 1. The number of fused-ring (bicyclic) bond motifs is 1. The Hall–Kier alpha value is -2.36. The van der Waals surface area contributed by atoms with Crippen molar-refractivity contribution >= 4 is 5.91 Å². The Morgan fingerprint density at radius 2 is 1.88 bits per heavy atom. The lowest BCUT2D eigenvalue weighted by molar-refractivity contribution is -0.129. The molecule has 3 nitrogen and oxygen atoms in total. The van der Waals surface area contributed by atoms with Crippen LogP contribution in [0.15, 0.2) is 48.5 Å². The highest BCUT2D eigenvalue weighted by atomic mass is 19.1. The van der Waals surface area contributed by atoms with E-state index >= 15 is 0 Å². The van der Waals surface area contributed by atoms with Crippen LogP contribution in [-0.4, -0.2) is 12.5 Å². The zero-order valence-electron chi connectivity index (χ0n) is 13.4. The van der Waals surface area contributed by atoms with Crippen LogP contribution in [-0.2, 0) is 16.8 Å². The van der Waals surface area contributed by atoms with E-state index in [4.69, 9.17) is 4.74 Å². The van der Waals surface area contributed by atoms with Crippen molar-refractivity contribution in [3.05, 3.63) is 65.5 Å². The molecule has 4 heteroatoms. The molecule has 0 bridgehead atoms. The summed E-state index contributed by atoms with van der Waals surface area (Å²) in [6.07, 6.45) is 3.56. The van der Waals surface area contributed by atoms with E-state index in [1.54, 1.807) is 12.1 Å². The lowest BCUT2D eigenvalue weighted by Gasteiger charge is -2.44. The summed E-state index contributed by atoms with van der Waals surface area (Å²) in [7, 11) is 0. The molecular formula is C20H20FNO2. The molecule has 1 fully saturated rings. The Kier molecular flexibility index (Phi) is 3.75. The van der Waals surface area contributed by atoms with Crippen LogP contribution in [0.1, 0.15) is 30.4 Å². The maximum atomic E-state index is 13.2. The van der Waals surface area contributed by atoms with E-state index < -0.39 is 0 Å². The third kappa shape index (κ3) is 2.66. The second kappa shape index (κ2) is 5.93. The van der Waals surface area contributed by atoms with Gasteiger partial charge < -0.3 is 10.1 Å². The quantitative estimate of drug-likeness (QED) is 0.937. The molecule has 0 aromatic heterocycles. The molecule has 2 aromatic carbocycles. The number of hydrogen-bond donors (Lipinski definition) is 1. The van der Waals surface area contributed by atoms with Crippen LogP contribution in [0.2, 0.25) is 0 Å². The Morgan fingerprint density at radius 3 is 2.58 bits per heavy atom. The first kappa shape index (κ1) is 15.2. The topological polar surface area (TPSA) is 38.3 Å². The molecule has 1 saturated carbocycles. The van der Waals surface area contributed by atoms with Crippen LogP contribution in [0, 0.1) is 11.7 Å². The summed E-state index contributed by atoms with van der Waals surface area (Å²) in [5, 5.41) is 3.22. The van der Waals surface area contributed by atoms with E-state index in [-0.39, 0.29) is 23.2 Å². The van der Waals surface area contributed by atoms with Gasteiger partial charge in [-0.05, 0) is 55.0 Å². The second-order valence-electron chi connectivity index (χ2n) is 6.75. The molecule has 1 N–H and O–H groups in total. The molecule has 1 aliphatic carbocycles. The molecule has 24 heavy (non-hydrogen) atoms. The van der Waals surface area contributed by atoms with Gasteiger partial charge >= 0.3 is 0 Å². The number of amides is 1. The van der Waals surface area contributed by atoms with Crippen LogP contribution in [0.4, 0.5) is 4.39 Å². The van der Waals surface area contributed by atoms with Crippen LogP contribution >= 0.6 is 0 Å². The van der Waals surface area contributed by atoms with Gasteiger partial charge in [-0.1, -0.05) is 30.3 Å². The summed E-state index contributed by atoms with van der Waals surface area (Å²) < 4.78 is 18.9. The minimum absolute atomic E-state index is 0.0218. The van der Waals surface area contributed by atoms with Gasteiger partial charge in [-0.25, -0.2) is 4.39 Å². The second-order valence-corrected chi connectivity index (χ2v) is 6.75. The van der Waals surface area contributed by atoms with Crippen molar-refractivity contribution in [2.24, 2.45) is 5.92 Å². The van der Waals surface area contributed by atoms with Gasteiger partial charge in [0.2, 0.25) is 5.91 Å². The van der Waals surface area contributed by atoms with Crippen molar-refractivity contribution in [1.82, 2.24) is 5.32 Å². The lowest BCUT2D eigenvalue weighted by Crippen LogP contribution is -2.53. The summed E-state index contributed by atoms with van der Waals surface area (Å²) in [5.74, 6) is 0.460. The van der Waals surface area contributed by atoms with Crippen molar-refractivity contribution in [3.8, 4) is 5.75 Å². The third-order valence-corrected chi connectivity index (χ3v) is 5.22. The molecule has 1 amide bonds. The molecule has 2 aromatic rings. The molecule has 4 rings (SSSR count). The summed E-state index contributed by atoms with van der Waals surface area (Å²) in [5.41, 5.74) is 1.72. The van der Waals surface area contributed by atoms with Crippen molar-refractivity contribution in [2.45, 2.75) is 31.2 Å². The number of halogens is 1. The summed E-state index contributed by atoms with van der Waals surface area (Å²) in [6.45, 7) is 0.405. The Bertz CT molecular complexity index is 752. The molecule has 1 heterocycles. The summed E-state index contributed by atoms with van der Waals surface area (Å²) >= 11 is 0. The first-order valence-corrected chi connectivity index (χ1v) is 8.45. The van der Waals surface area contributed by atoms with Crippen LogP contribution in [0.3, 0.4) is 0 Å². The fraction of sp³-hybridized carbons (Fsp3) is 0.350. The number of para-hydroxylation sites is 1. The maximum Gasteiger partial charge on any atom is 0.227 e. The first-order valence-electron chi connectivity index (χ1n) is 8.45.